The Morgan fingerprint density at radius 1 is 1.08 bits per heavy atom. The molecule has 2 bridgehead atoms. The van der Waals surface area contributed by atoms with Crippen LogP contribution in [0.5, 0.6) is 5.75 Å². The number of pyridine rings is 1. The van der Waals surface area contributed by atoms with Gasteiger partial charge in [-0.05, 0) is 82.9 Å². The molecule has 200 valence electrons. The zero-order valence-corrected chi connectivity index (χ0v) is 21.6. The van der Waals surface area contributed by atoms with Crippen molar-refractivity contribution in [3.63, 3.8) is 0 Å². The quantitative estimate of drug-likeness (QED) is 0.524. The first-order valence-electron chi connectivity index (χ1n) is 12.2. The zero-order valence-electron chi connectivity index (χ0n) is 20.8. The standard InChI is InChI=1S/C26H30ClF3N4O3/c1-15(26(28,29)30)32-23(35)16-4-11-22(31-14-16)34-19-7-8-20(34)13-18(12-19)33-24(36)25(2,3)37-21-9-5-17(27)6-10-21/h4-6,9-11,14-15,18-20H,7-8,12-13H2,1-3H3,(H,32,35)(H,33,36)/t15-,18?,19-,20+/m0/s1. The molecule has 4 atom stereocenters. The van der Waals surface area contributed by atoms with E-state index >= 15 is 0 Å². The van der Waals surface area contributed by atoms with Gasteiger partial charge in [-0.2, -0.15) is 13.2 Å². The minimum Gasteiger partial charge on any atom is -0.478 e. The first-order valence-corrected chi connectivity index (χ1v) is 12.6. The van der Waals surface area contributed by atoms with Crippen LogP contribution < -0.4 is 20.3 Å². The van der Waals surface area contributed by atoms with E-state index in [1.807, 2.05) is 5.32 Å². The third-order valence-corrected chi connectivity index (χ3v) is 7.17. The first kappa shape index (κ1) is 27.0. The van der Waals surface area contributed by atoms with Crippen molar-refractivity contribution in [1.29, 1.82) is 0 Å². The van der Waals surface area contributed by atoms with Gasteiger partial charge in [0.05, 0.1) is 5.56 Å². The van der Waals surface area contributed by atoms with Crippen LogP contribution in [0.1, 0.15) is 56.8 Å². The SMILES string of the molecule is C[C@H](NC(=O)c1ccc(N2[C@@H]3CC[C@H]2CC(NC(=O)C(C)(C)Oc2ccc(Cl)cc2)C3)nc1)C(F)(F)F. The monoisotopic (exact) mass is 538 g/mol. The van der Waals surface area contributed by atoms with E-state index < -0.39 is 23.7 Å². The topological polar surface area (TPSA) is 83.6 Å². The number of fused-ring (bicyclic) bond motifs is 2. The lowest BCUT2D eigenvalue weighted by atomic mass is 9.96. The average Bonchev–Trinajstić information content (AvgIpc) is 3.10. The van der Waals surface area contributed by atoms with Crippen molar-refractivity contribution in [2.45, 2.75) is 82.4 Å². The van der Waals surface area contributed by atoms with Crippen LogP contribution in [0.25, 0.3) is 0 Å². The molecule has 2 aliphatic heterocycles. The van der Waals surface area contributed by atoms with Crippen molar-refractivity contribution in [2.75, 3.05) is 4.90 Å². The Morgan fingerprint density at radius 3 is 2.24 bits per heavy atom. The van der Waals surface area contributed by atoms with Gasteiger partial charge in [0.15, 0.2) is 5.60 Å². The molecule has 2 amide bonds. The maximum Gasteiger partial charge on any atom is 0.408 e. The minimum atomic E-state index is -4.51. The fraction of sp³-hybridized carbons (Fsp3) is 0.500. The highest BCUT2D eigenvalue weighted by molar-refractivity contribution is 6.30. The van der Waals surface area contributed by atoms with Crippen LogP contribution in [-0.2, 0) is 4.79 Å². The summed E-state index contributed by atoms with van der Waals surface area (Å²) in [5.41, 5.74) is -1.01. The summed E-state index contributed by atoms with van der Waals surface area (Å²) in [5.74, 6) is 0.193. The number of nitrogens with one attached hydrogen (secondary N) is 2. The van der Waals surface area contributed by atoms with E-state index in [0.717, 1.165) is 32.6 Å². The van der Waals surface area contributed by atoms with Gasteiger partial charge >= 0.3 is 6.18 Å². The number of rotatable bonds is 7. The molecule has 11 heteroatoms. The predicted molar refractivity (Wildman–Crippen MR) is 134 cm³/mol. The van der Waals surface area contributed by atoms with Crippen molar-refractivity contribution in [1.82, 2.24) is 15.6 Å². The number of halogens is 4. The summed E-state index contributed by atoms with van der Waals surface area (Å²) in [6.45, 7) is 4.33. The van der Waals surface area contributed by atoms with Crippen molar-refractivity contribution in [3.05, 3.63) is 53.2 Å². The first-order chi connectivity index (χ1) is 17.3. The number of ether oxygens (including phenoxy) is 1. The van der Waals surface area contributed by atoms with Crippen molar-refractivity contribution in [2.24, 2.45) is 0 Å². The van der Waals surface area contributed by atoms with Crippen molar-refractivity contribution in [3.8, 4) is 5.75 Å². The molecule has 37 heavy (non-hydrogen) atoms. The second-order valence-corrected chi connectivity index (χ2v) is 10.6. The van der Waals surface area contributed by atoms with E-state index in [-0.39, 0.29) is 29.6 Å². The van der Waals surface area contributed by atoms with Gasteiger partial charge in [-0.3, -0.25) is 9.59 Å². The van der Waals surface area contributed by atoms with E-state index in [4.69, 9.17) is 16.3 Å². The summed E-state index contributed by atoms with van der Waals surface area (Å²) in [7, 11) is 0. The Hall–Kier alpha value is -3.01. The third kappa shape index (κ3) is 6.29. The Bertz CT molecular complexity index is 1110. The molecule has 0 aliphatic carbocycles. The molecule has 2 N–H and O–H groups in total. The Kier molecular flexibility index (Phi) is 7.60. The van der Waals surface area contributed by atoms with Gasteiger partial charge in [-0.1, -0.05) is 11.6 Å². The lowest BCUT2D eigenvalue weighted by Crippen LogP contribution is -2.55. The number of nitrogens with zero attached hydrogens (tertiary/aromatic N) is 2. The summed E-state index contributed by atoms with van der Waals surface area (Å²) in [4.78, 5) is 31.8. The fourth-order valence-corrected chi connectivity index (χ4v) is 5.03. The van der Waals surface area contributed by atoms with Gasteiger partial charge in [0.2, 0.25) is 0 Å². The highest BCUT2D eigenvalue weighted by atomic mass is 35.5. The number of anilines is 1. The smallest absolute Gasteiger partial charge is 0.408 e. The average molecular weight is 539 g/mol. The molecule has 1 aromatic carbocycles. The Morgan fingerprint density at radius 2 is 1.70 bits per heavy atom. The molecular weight excluding hydrogens is 509 g/mol. The Balaban J connectivity index is 1.35. The summed E-state index contributed by atoms with van der Waals surface area (Å²) in [6.07, 6.45) is 0.124. The lowest BCUT2D eigenvalue weighted by Gasteiger charge is -2.40. The largest absolute Gasteiger partial charge is 0.478 e. The van der Waals surface area contributed by atoms with Crippen LogP contribution in [0.15, 0.2) is 42.6 Å². The number of piperidine rings is 1. The third-order valence-electron chi connectivity index (χ3n) is 6.91. The molecule has 4 rings (SSSR count). The van der Waals surface area contributed by atoms with E-state index in [1.54, 1.807) is 44.2 Å². The second kappa shape index (κ2) is 10.4. The molecule has 7 nitrogen and oxygen atoms in total. The van der Waals surface area contributed by atoms with Crippen LogP contribution in [0, 0.1) is 0 Å². The number of benzene rings is 1. The van der Waals surface area contributed by atoms with Gasteiger partial charge < -0.3 is 20.3 Å². The maximum absolute atomic E-state index is 13.0. The predicted octanol–water partition coefficient (Wildman–Crippen LogP) is 4.89. The highest BCUT2D eigenvalue weighted by Crippen LogP contribution is 2.39. The van der Waals surface area contributed by atoms with Crippen LogP contribution in [-0.4, -0.2) is 52.7 Å². The van der Waals surface area contributed by atoms with Crippen LogP contribution in [0.2, 0.25) is 5.02 Å². The molecule has 1 unspecified atom stereocenters. The molecule has 2 saturated heterocycles. The molecule has 2 aliphatic rings. The number of hydrogen-bond acceptors (Lipinski definition) is 5. The van der Waals surface area contributed by atoms with Gasteiger partial charge in [0, 0.05) is 29.3 Å². The summed E-state index contributed by atoms with van der Waals surface area (Å²) in [6, 6.07) is 8.33. The van der Waals surface area contributed by atoms with E-state index in [0.29, 0.717) is 16.6 Å². The highest BCUT2D eigenvalue weighted by Gasteiger charge is 2.43. The number of alkyl halides is 3. The molecular formula is C26H30ClF3N4O3. The zero-order chi connectivity index (χ0) is 27.0. The number of hydrogen-bond donors (Lipinski definition) is 2. The number of aromatic nitrogens is 1. The minimum absolute atomic E-state index is 0.0248. The van der Waals surface area contributed by atoms with Crippen LogP contribution >= 0.6 is 11.6 Å². The molecule has 0 spiro atoms. The molecule has 3 heterocycles. The lowest BCUT2D eigenvalue weighted by molar-refractivity contribution is -0.149. The van der Waals surface area contributed by atoms with E-state index in [1.165, 1.54) is 12.3 Å². The van der Waals surface area contributed by atoms with Crippen molar-refractivity contribution >= 4 is 29.2 Å². The maximum atomic E-state index is 13.0. The van der Waals surface area contributed by atoms with Gasteiger partial charge in [0.25, 0.3) is 11.8 Å². The Labute approximate surface area is 218 Å². The normalized spacial score (nSPS) is 22.4. The van der Waals surface area contributed by atoms with Gasteiger partial charge in [-0.25, -0.2) is 4.98 Å². The van der Waals surface area contributed by atoms with Crippen molar-refractivity contribution < 1.29 is 27.5 Å². The number of carbonyl (C=O) groups is 2. The summed E-state index contributed by atoms with van der Waals surface area (Å²) in [5, 5.41) is 5.66. The second-order valence-electron chi connectivity index (χ2n) is 10.1. The summed E-state index contributed by atoms with van der Waals surface area (Å²) >= 11 is 5.92. The number of carbonyl (C=O) groups excluding carboxylic acids is 2. The fourth-order valence-electron chi connectivity index (χ4n) is 4.91. The molecule has 2 aromatic rings. The van der Waals surface area contributed by atoms with Crippen LogP contribution in [0.3, 0.4) is 0 Å². The number of amides is 2. The molecule has 0 saturated carbocycles. The van der Waals surface area contributed by atoms with E-state index in [2.05, 4.69) is 15.2 Å². The summed E-state index contributed by atoms with van der Waals surface area (Å²) < 4.78 is 44.1. The van der Waals surface area contributed by atoms with E-state index in [9.17, 15) is 22.8 Å². The van der Waals surface area contributed by atoms with Gasteiger partial charge in [0.1, 0.15) is 17.6 Å². The molecule has 0 radical (unpaired) electrons. The molecule has 1 aromatic heterocycles. The van der Waals surface area contributed by atoms with Gasteiger partial charge in [-0.15, -0.1) is 0 Å². The van der Waals surface area contributed by atoms with Crippen LogP contribution in [0.4, 0.5) is 19.0 Å². The molecule has 2 fully saturated rings.